The van der Waals surface area contributed by atoms with Gasteiger partial charge in [0.05, 0.1) is 0 Å². The predicted octanol–water partition coefficient (Wildman–Crippen LogP) is 9.90. The fourth-order valence-electron chi connectivity index (χ4n) is 4.78. The summed E-state index contributed by atoms with van der Waals surface area (Å²) in [5.41, 5.74) is 0. The number of hydrogen-bond acceptors (Lipinski definition) is 1. The van der Waals surface area contributed by atoms with Crippen LogP contribution in [0.25, 0.3) is 0 Å². The summed E-state index contributed by atoms with van der Waals surface area (Å²) in [6, 6.07) is 0. The standard InChI is InChI=1S/C15H29OSi.3C4H9.Sn/c1-7-14(13-11-9-8-10-12-13)16-17(5,6)15(2,3)4;3*1-3-4-2;/h1,7,13-14H,8-12H2,2-6H3;3*1,3-4H2,2H3;/t14-;;;;/m0..../s1. The first kappa shape index (κ1) is 28.7. The van der Waals surface area contributed by atoms with Crippen LogP contribution in [0.1, 0.15) is 112 Å². The van der Waals surface area contributed by atoms with E-state index in [2.05, 4.69) is 64.8 Å². The van der Waals surface area contributed by atoms with Gasteiger partial charge >= 0.3 is 197 Å². The van der Waals surface area contributed by atoms with Crippen molar-refractivity contribution in [2.45, 2.75) is 150 Å². The maximum absolute atomic E-state index is 7.14. The van der Waals surface area contributed by atoms with Gasteiger partial charge in [0.2, 0.25) is 0 Å². The average molecular weight is 544 g/mol. The molecule has 30 heavy (non-hydrogen) atoms. The molecule has 0 saturated heterocycles. The summed E-state index contributed by atoms with van der Waals surface area (Å²) in [6.07, 6.45) is 18.5. The summed E-state index contributed by atoms with van der Waals surface area (Å²) in [6.45, 7) is 19.2. The summed E-state index contributed by atoms with van der Waals surface area (Å²) >= 11 is -2.24. The van der Waals surface area contributed by atoms with Crippen LogP contribution in [0.4, 0.5) is 0 Å². The van der Waals surface area contributed by atoms with Crippen molar-refractivity contribution in [3.63, 3.8) is 0 Å². The van der Waals surface area contributed by atoms with Crippen LogP contribution in [0.2, 0.25) is 31.4 Å². The van der Waals surface area contributed by atoms with Crippen LogP contribution in [-0.4, -0.2) is 32.8 Å². The van der Waals surface area contributed by atoms with Crippen molar-refractivity contribution in [3.05, 3.63) is 10.2 Å². The average Bonchev–Trinajstić information content (AvgIpc) is 2.71. The molecule has 178 valence electrons. The van der Waals surface area contributed by atoms with Crippen molar-refractivity contribution in [2.24, 2.45) is 5.92 Å². The Kier molecular flexibility index (Phi) is 13.5. The van der Waals surface area contributed by atoms with Gasteiger partial charge in [0.1, 0.15) is 0 Å². The summed E-state index contributed by atoms with van der Waals surface area (Å²) in [5.74, 6) is 0.761. The first-order valence-electron chi connectivity index (χ1n) is 13.5. The van der Waals surface area contributed by atoms with Gasteiger partial charge in [-0.2, -0.15) is 0 Å². The monoisotopic (exact) mass is 544 g/mol. The molecule has 0 aliphatic heterocycles. The van der Waals surface area contributed by atoms with Crippen molar-refractivity contribution in [3.8, 4) is 0 Å². The van der Waals surface area contributed by atoms with Gasteiger partial charge in [0, 0.05) is 0 Å². The van der Waals surface area contributed by atoms with E-state index in [1.807, 2.05) is 0 Å². The van der Waals surface area contributed by atoms with Crippen molar-refractivity contribution < 1.29 is 4.43 Å². The quantitative estimate of drug-likeness (QED) is 0.198. The van der Waals surface area contributed by atoms with Crippen LogP contribution < -0.4 is 0 Å². The Morgan fingerprint density at radius 2 is 1.33 bits per heavy atom. The molecule has 0 aromatic heterocycles. The molecule has 0 heterocycles. The Morgan fingerprint density at radius 3 is 1.73 bits per heavy atom. The third kappa shape index (κ3) is 9.69. The third-order valence-electron chi connectivity index (χ3n) is 8.08. The van der Waals surface area contributed by atoms with E-state index in [9.17, 15) is 0 Å². The van der Waals surface area contributed by atoms with Gasteiger partial charge in [-0.1, -0.05) is 0 Å². The third-order valence-corrected chi connectivity index (χ3v) is 26.7. The van der Waals surface area contributed by atoms with Gasteiger partial charge in [-0.25, -0.2) is 0 Å². The fourth-order valence-corrected chi connectivity index (χ4v) is 20.4. The molecular weight excluding hydrogens is 487 g/mol. The first-order valence-corrected chi connectivity index (χ1v) is 24.1. The maximum atomic E-state index is 7.14. The molecule has 0 radical (unpaired) electrons. The number of hydrogen-bond donors (Lipinski definition) is 0. The Morgan fingerprint density at radius 1 is 0.867 bits per heavy atom. The van der Waals surface area contributed by atoms with E-state index in [0.717, 1.165) is 5.92 Å². The van der Waals surface area contributed by atoms with Gasteiger partial charge in [0.15, 0.2) is 0 Å². The Bertz CT molecular complexity index is 452. The van der Waals surface area contributed by atoms with E-state index in [0.29, 0.717) is 11.1 Å². The molecule has 1 aliphatic carbocycles. The summed E-state index contributed by atoms with van der Waals surface area (Å²) in [5, 5.41) is 0.292. The van der Waals surface area contributed by atoms with Gasteiger partial charge in [-0.3, -0.25) is 0 Å². The van der Waals surface area contributed by atoms with E-state index >= 15 is 0 Å². The molecule has 1 aliphatic rings. The molecule has 1 rings (SSSR count). The molecule has 3 heteroatoms. The van der Waals surface area contributed by atoms with E-state index in [1.54, 1.807) is 13.3 Å². The minimum atomic E-state index is -2.24. The molecule has 0 spiro atoms. The van der Waals surface area contributed by atoms with Crippen molar-refractivity contribution in [2.75, 3.05) is 0 Å². The zero-order valence-electron chi connectivity index (χ0n) is 22.1. The number of rotatable bonds is 14. The van der Waals surface area contributed by atoms with Gasteiger partial charge in [-0.05, 0) is 0 Å². The summed E-state index contributed by atoms with van der Waals surface area (Å²) < 4.78 is 14.7. The number of unbranched alkanes of at least 4 members (excludes halogenated alkanes) is 3. The van der Waals surface area contributed by atoms with Crippen LogP contribution >= 0.6 is 0 Å². The Balaban J connectivity index is 3.16. The van der Waals surface area contributed by atoms with Gasteiger partial charge in [-0.15, -0.1) is 0 Å². The van der Waals surface area contributed by atoms with Crippen molar-refractivity contribution in [1.29, 1.82) is 0 Å². The van der Waals surface area contributed by atoms with E-state index in [-0.39, 0.29) is 0 Å². The van der Waals surface area contributed by atoms with E-state index in [1.165, 1.54) is 70.6 Å². The van der Waals surface area contributed by atoms with Crippen LogP contribution in [-0.2, 0) is 4.43 Å². The molecular formula is C27H56OSiSn. The molecule has 0 amide bonds. The molecule has 0 aromatic carbocycles. The zero-order valence-corrected chi connectivity index (χ0v) is 26.0. The molecule has 0 aromatic rings. The first-order chi connectivity index (χ1) is 14.1. The summed E-state index contributed by atoms with van der Waals surface area (Å²) in [4.78, 5) is 0. The van der Waals surface area contributed by atoms with Crippen molar-refractivity contribution in [1.82, 2.24) is 0 Å². The molecule has 0 bridgehead atoms. The summed E-state index contributed by atoms with van der Waals surface area (Å²) in [7, 11) is -1.75. The SMILES string of the molecule is CCC[CH2][Sn](/[CH]=C/[C@H](O[Si](C)(C)C(C)(C)C)C1CCCCC1)([CH2]CCC)[CH2]CCC. The van der Waals surface area contributed by atoms with Crippen LogP contribution in [0, 0.1) is 5.92 Å². The van der Waals surface area contributed by atoms with Crippen LogP contribution in [0.15, 0.2) is 10.2 Å². The van der Waals surface area contributed by atoms with E-state index < -0.39 is 26.7 Å². The molecule has 1 atom stereocenters. The molecule has 1 saturated carbocycles. The molecule has 1 fully saturated rings. The Hall–Kier alpha value is 0.716. The Labute approximate surface area is 196 Å². The molecule has 0 N–H and O–H groups in total. The van der Waals surface area contributed by atoms with Gasteiger partial charge in [0.25, 0.3) is 0 Å². The molecule has 1 nitrogen and oxygen atoms in total. The normalized spacial score (nSPS) is 18.3. The van der Waals surface area contributed by atoms with Crippen LogP contribution in [0.3, 0.4) is 0 Å². The minimum absolute atomic E-state index is 0.292. The van der Waals surface area contributed by atoms with Crippen LogP contribution in [0.5, 0.6) is 0 Å². The molecule has 0 unspecified atom stereocenters. The zero-order chi connectivity index (χ0) is 22.7. The van der Waals surface area contributed by atoms with Gasteiger partial charge < -0.3 is 0 Å². The second-order valence-electron chi connectivity index (χ2n) is 11.8. The second kappa shape index (κ2) is 14.1. The van der Waals surface area contributed by atoms with Crippen molar-refractivity contribution >= 4 is 26.7 Å². The van der Waals surface area contributed by atoms with E-state index in [4.69, 9.17) is 4.43 Å². The topological polar surface area (TPSA) is 9.23 Å². The second-order valence-corrected chi connectivity index (χ2v) is 29.5. The predicted molar refractivity (Wildman–Crippen MR) is 143 cm³/mol. The fraction of sp³-hybridized carbons (Fsp3) is 0.926.